The number of nitrogens with zero attached hydrogens (tertiary/aromatic N) is 1. The monoisotopic (exact) mass is 176 g/mol. The molecule has 0 aromatic carbocycles. The molecule has 0 bridgehead atoms. The van der Waals surface area contributed by atoms with Gasteiger partial charge in [0.25, 0.3) is 0 Å². The Labute approximate surface area is 68.9 Å². The van der Waals surface area contributed by atoms with Crippen molar-refractivity contribution in [1.82, 2.24) is 4.90 Å². The van der Waals surface area contributed by atoms with E-state index in [0.717, 1.165) is 12.3 Å². The van der Waals surface area contributed by atoms with E-state index >= 15 is 0 Å². The summed E-state index contributed by atoms with van der Waals surface area (Å²) >= 11 is 6.43. The second-order valence-electron chi connectivity index (χ2n) is 1.86. The highest BCUT2D eigenvalue weighted by Crippen LogP contribution is 2.17. The summed E-state index contributed by atoms with van der Waals surface area (Å²) in [6.07, 6.45) is 0. The summed E-state index contributed by atoms with van der Waals surface area (Å²) < 4.78 is 0.662. The highest BCUT2D eigenvalue weighted by Gasteiger charge is 2.22. The Hall–Kier alpha value is -0.130. The molecule has 1 rings (SSSR count). The van der Waals surface area contributed by atoms with Gasteiger partial charge in [0.15, 0.2) is 0 Å². The average Bonchev–Trinajstić information content (AvgIpc) is 2.34. The summed E-state index contributed by atoms with van der Waals surface area (Å²) in [5.41, 5.74) is 5.15. The Morgan fingerprint density at radius 3 is 3.00 bits per heavy atom. The smallest absolute Gasteiger partial charge is 0.241 e. The molecule has 0 aromatic heterocycles. The van der Waals surface area contributed by atoms with Crippen LogP contribution in [0.4, 0.5) is 0 Å². The fourth-order valence-corrected chi connectivity index (χ4v) is 1.97. The second-order valence-corrected chi connectivity index (χ2v) is 3.59. The van der Waals surface area contributed by atoms with Crippen molar-refractivity contribution >= 4 is 34.2 Å². The number of hydrogen-bond donors (Lipinski definition) is 1. The molecule has 1 aliphatic heterocycles. The fraction of sp³-hybridized carbons (Fsp3) is 0.600. The van der Waals surface area contributed by atoms with E-state index in [1.807, 2.05) is 0 Å². The molecule has 0 spiro atoms. The SMILES string of the molecule is NCC(=O)N1CCSC1=S. The van der Waals surface area contributed by atoms with E-state index in [2.05, 4.69) is 0 Å². The number of thioether (sulfide) groups is 1. The molecule has 0 saturated carbocycles. The predicted molar refractivity (Wildman–Crippen MR) is 45.8 cm³/mol. The second kappa shape index (κ2) is 3.32. The predicted octanol–water partition coefficient (Wildman–Crippen LogP) is -0.195. The van der Waals surface area contributed by atoms with Crippen LogP contribution in [-0.4, -0.2) is 34.0 Å². The first kappa shape index (κ1) is 7.97. The van der Waals surface area contributed by atoms with Crippen LogP contribution in [-0.2, 0) is 4.79 Å². The standard InChI is InChI=1S/C5H8N2OS2/c6-3-4(8)7-1-2-10-5(7)9/h1-3,6H2. The Morgan fingerprint density at radius 1 is 1.90 bits per heavy atom. The van der Waals surface area contributed by atoms with Crippen LogP contribution in [0.2, 0.25) is 0 Å². The zero-order valence-electron chi connectivity index (χ0n) is 5.37. The van der Waals surface area contributed by atoms with Crippen LogP contribution in [0.15, 0.2) is 0 Å². The summed E-state index contributed by atoms with van der Waals surface area (Å²) in [4.78, 5) is 12.5. The van der Waals surface area contributed by atoms with Crippen LogP contribution >= 0.6 is 24.0 Å². The Morgan fingerprint density at radius 2 is 2.60 bits per heavy atom. The summed E-state index contributed by atoms with van der Waals surface area (Å²) in [6.45, 7) is 0.778. The minimum Gasteiger partial charge on any atom is -0.322 e. The largest absolute Gasteiger partial charge is 0.322 e. The van der Waals surface area contributed by atoms with Gasteiger partial charge in [0.2, 0.25) is 5.91 Å². The van der Waals surface area contributed by atoms with Gasteiger partial charge in [-0.2, -0.15) is 0 Å². The highest BCUT2D eigenvalue weighted by atomic mass is 32.2. The lowest BCUT2D eigenvalue weighted by Gasteiger charge is -2.11. The first-order chi connectivity index (χ1) is 4.75. The molecule has 0 atom stereocenters. The van der Waals surface area contributed by atoms with Gasteiger partial charge in [-0.3, -0.25) is 9.69 Å². The molecule has 0 unspecified atom stereocenters. The van der Waals surface area contributed by atoms with Crippen molar-refractivity contribution < 1.29 is 4.79 Å². The van der Waals surface area contributed by atoms with Crippen molar-refractivity contribution in [3.05, 3.63) is 0 Å². The molecule has 2 N–H and O–H groups in total. The molecule has 1 saturated heterocycles. The number of carbonyl (C=O) groups excluding carboxylic acids is 1. The fourth-order valence-electron chi connectivity index (χ4n) is 0.730. The van der Waals surface area contributed by atoms with Crippen LogP contribution < -0.4 is 5.73 Å². The van der Waals surface area contributed by atoms with Gasteiger partial charge in [0, 0.05) is 12.3 Å². The Bertz CT molecular complexity index is 171. The molecule has 1 aliphatic rings. The maximum Gasteiger partial charge on any atom is 0.241 e. The summed E-state index contributed by atoms with van der Waals surface area (Å²) in [6, 6.07) is 0. The number of hydrogen-bond acceptors (Lipinski definition) is 4. The first-order valence-electron chi connectivity index (χ1n) is 2.93. The molecule has 0 aliphatic carbocycles. The van der Waals surface area contributed by atoms with E-state index in [1.165, 1.54) is 11.8 Å². The molecule has 1 fully saturated rings. The molecule has 1 amide bonds. The van der Waals surface area contributed by atoms with Crippen molar-refractivity contribution in [2.75, 3.05) is 18.8 Å². The quantitative estimate of drug-likeness (QED) is 0.562. The van der Waals surface area contributed by atoms with Crippen molar-refractivity contribution in [1.29, 1.82) is 0 Å². The summed E-state index contributed by atoms with van der Waals surface area (Å²) in [5.74, 6) is 0.833. The number of amides is 1. The molecule has 56 valence electrons. The van der Waals surface area contributed by atoms with Gasteiger partial charge in [-0.15, -0.1) is 0 Å². The van der Waals surface area contributed by atoms with Gasteiger partial charge in [-0.05, 0) is 0 Å². The molecule has 5 heteroatoms. The van der Waals surface area contributed by atoms with Crippen molar-refractivity contribution in [3.8, 4) is 0 Å². The normalized spacial score (nSPS) is 18.1. The van der Waals surface area contributed by atoms with E-state index < -0.39 is 0 Å². The van der Waals surface area contributed by atoms with E-state index in [-0.39, 0.29) is 12.5 Å². The number of nitrogens with two attached hydrogens (primary N) is 1. The Kier molecular flexibility index (Phi) is 2.64. The number of carbonyl (C=O) groups is 1. The zero-order valence-corrected chi connectivity index (χ0v) is 7.00. The molecule has 1 heterocycles. The van der Waals surface area contributed by atoms with Gasteiger partial charge in [-0.1, -0.05) is 24.0 Å². The minimum atomic E-state index is -0.0741. The molecular weight excluding hydrogens is 168 g/mol. The van der Waals surface area contributed by atoms with Gasteiger partial charge in [-0.25, -0.2) is 0 Å². The third-order valence-electron chi connectivity index (χ3n) is 1.24. The lowest BCUT2D eigenvalue weighted by Crippen LogP contribution is -2.35. The van der Waals surface area contributed by atoms with Crippen LogP contribution in [0.5, 0.6) is 0 Å². The molecular formula is C5H8N2OS2. The summed E-state index contributed by atoms with van der Waals surface area (Å²) in [5, 5.41) is 0. The van der Waals surface area contributed by atoms with Crippen LogP contribution in [0.25, 0.3) is 0 Å². The molecule has 0 radical (unpaired) electrons. The van der Waals surface area contributed by atoms with Crippen LogP contribution in [0, 0.1) is 0 Å². The lowest BCUT2D eigenvalue weighted by atomic mass is 10.5. The van der Waals surface area contributed by atoms with E-state index in [4.69, 9.17) is 18.0 Å². The third kappa shape index (κ3) is 1.47. The van der Waals surface area contributed by atoms with Crippen molar-refractivity contribution in [2.24, 2.45) is 5.73 Å². The number of thiocarbonyl (C=S) groups is 1. The van der Waals surface area contributed by atoms with Gasteiger partial charge >= 0.3 is 0 Å². The molecule has 3 nitrogen and oxygen atoms in total. The van der Waals surface area contributed by atoms with Crippen LogP contribution in [0.3, 0.4) is 0 Å². The average molecular weight is 176 g/mol. The maximum absolute atomic E-state index is 10.9. The minimum absolute atomic E-state index is 0.0562. The topological polar surface area (TPSA) is 46.3 Å². The van der Waals surface area contributed by atoms with Crippen LogP contribution in [0.1, 0.15) is 0 Å². The first-order valence-corrected chi connectivity index (χ1v) is 4.32. The van der Waals surface area contributed by atoms with Crippen molar-refractivity contribution in [2.45, 2.75) is 0 Å². The van der Waals surface area contributed by atoms with Gasteiger partial charge < -0.3 is 5.73 Å². The summed E-state index contributed by atoms with van der Waals surface area (Å²) in [7, 11) is 0. The van der Waals surface area contributed by atoms with Gasteiger partial charge in [0.1, 0.15) is 4.32 Å². The third-order valence-corrected chi connectivity index (χ3v) is 2.66. The van der Waals surface area contributed by atoms with E-state index in [9.17, 15) is 4.79 Å². The Balaban J connectivity index is 2.55. The van der Waals surface area contributed by atoms with E-state index in [0.29, 0.717) is 4.32 Å². The molecule has 10 heavy (non-hydrogen) atoms. The van der Waals surface area contributed by atoms with Gasteiger partial charge in [0.05, 0.1) is 6.54 Å². The maximum atomic E-state index is 10.9. The van der Waals surface area contributed by atoms with E-state index in [1.54, 1.807) is 4.90 Å². The molecule has 0 aromatic rings. The number of rotatable bonds is 1. The van der Waals surface area contributed by atoms with Crippen molar-refractivity contribution in [3.63, 3.8) is 0 Å². The zero-order chi connectivity index (χ0) is 7.56. The lowest BCUT2D eigenvalue weighted by molar-refractivity contribution is -0.125. The highest BCUT2D eigenvalue weighted by molar-refractivity contribution is 8.23.